The third-order valence-corrected chi connectivity index (χ3v) is 5.08. The molecular weight excluding hydrogens is 383 g/mol. The van der Waals surface area contributed by atoms with Crippen molar-refractivity contribution >= 4 is 40.3 Å². The fourth-order valence-corrected chi connectivity index (χ4v) is 3.45. The number of nitrogens with zero attached hydrogens (tertiary/aromatic N) is 1. The second-order valence-corrected chi connectivity index (χ2v) is 7.25. The van der Waals surface area contributed by atoms with Crippen LogP contribution in [0.3, 0.4) is 0 Å². The van der Waals surface area contributed by atoms with Gasteiger partial charge in [-0.3, -0.25) is 15.6 Å². The van der Waals surface area contributed by atoms with Gasteiger partial charge >= 0.3 is 0 Å². The fraction of sp³-hybridized carbons (Fsp3) is 0.105. The van der Waals surface area contributed by atoms with Gasteiger partial charge in [-0.05, 0) is 50.3 Å². The van der Waals surface area contributed by atoms with Gasteiger partial charge in [-0.15, -0.1) is 11.3 Å². The maximum absolute atomic E-state index is 13.4. The molecule has 1 heterocycles. The van der Waals surface area contributed by atoms with Gasteiger partial charge in [0, 0.05) is 11.3 Å². The molecule has 5 nitrogen and oxygen atoms in total. The Hall–Kier alpha value is -2.84. The summed E-state index contributed by atoms with van der Waals surface area (Å²) in [6.45, 7) is 3.73. The zero-order chi connectivity index (χ0) is 19.4. The summed E-state index contributed by atoms with van der Waals surface area (Å²) in [4.78, 5) is 17.2. The Morgan fingerprint density at radius 3 is 2.56 bits per heavy atom. The molecule has 138 valence electrons. The van der Waals surface area contributed by atoms with E-state index in [9.17, 15) is 9.18 Å². The SMILES string of the molecule is Cc1ccc(NC(=S)NNC(=O)c2sc(-c3cccc(F)c3)nc2C)cc1. The minimum absolute atomic E-state index is 0.264. The highest BCUT2D eigenvalue weighted by Crippen LogP contribution is 2.28. The van der Waals surface area contributed by atoms with Crippen molar-refractivity contribution in [2.24, 2.45) is 0 Å². The number of amides is 1. The summed E-state index contributed by atoms with van der Waals surface area (Å²) in [6, 6.07) is 13.8. The Morgan fingerprint density at radius 1 is 1.11 bits per heavy atom. The van der Waals surface area contributed by atoms with Gasteiger partial charge in [0.15, 0.2) is 5.11 Å². The van der Waals surface area contributed by atoms with Crippen molar-refractivity contribution in [3.63, 3.8) is 0 Å². The second-order valence-electron chi connectivity index (χ2n) is 5.84. The van der Waals surface area contributed by atoms with Gasteiger partial charge in [0.1, 0.15) is 15.7 Å². The average Bonchev–Trinajstić information content (AvgIpc) is 3.03. The summed E-state index contributed by atoms with van der Waals surface area (Å²) in [5, 5.41) is 3.82. The summed E-state index contributed by atoms with van der Waals surface area (Å²) >= 11 is 6.37. The van der Waals surface area contributed by atoms with E-state index in [0.29, 0.717) is 21.1 Å². The largest absolute Gasteiger partial charge is 0.331 e. The number of aromatic nitrogens is 1. The summed E-state index contributed by atoms with van der Waals surface area (Å²) in [5.41, 5.74) is 8.37. The molecule has 0 aliphatic carbocycles. The van der Waals surface area contributed by atoms with Crippen molar-refractivity contribution in [3.05, 3.63) is 70.5 Å². The first-order chi connectivity index (χ1) is 12.9. The van der Waals surface area contributed by atoms with E-state index >= 15 is 0 Å². The number of hydrazine groups is 1. The monoisotopic (exact) mass is 400 g/mol. The molecule has 1 amide bonds. The fourth-order valence-electron chi connectivity index (χ4n) is 2.32. The summed E-state index contributed by atoms with van der Waals surface area (Å²) in [6.07, 6.45) is 0. The van der Waals surface area contributed by atoms with Crippen LogP contribution >= 0.6 is 23.6 Å². The van der Waals surface area contributed by atoms with E-state index in [1.54, 1.807) is 19.1 Å². The first kappa shape index (κ1) is 18.9. The smallest absolute Gasteiger partial charge is 0.281 e. The summed E-state index contributed by atoms with van der Waals surface area (Å²) in [5.74, 6) is -0.707. The number of nitrogens with one attached hydrogen (secondary N) is 3. The van der Waals surface area contributed by atoms with Gasteiger partial charge in [-0.2, -0.15) is 0 Å². The highest BCUT2D eigenvalue weighted by Gasteiger charge is 2.16. The van der Waals surface area contributed by atoms with Crippen molar-refractivity contribution in [3.8, 4) is 10.6 Å². The molecule has 0 bridgehead atoms. The van der Waals surface area contributed by atoms with Gasteiger partial charge < -0.3 is 5.32 Å². The standard InChI is InChI=1S/C19H17FN4OS2/c1-11-6-8-15(9-7-11)22-19(26)24-23-17(25)16-12(2)21-18(27-16)13-4-3-5-14(20)10-13/h3-10H,1-2H3,(H,23,25)(H2,22,24,26). The normalized spacial score (nSPS) is 10.3. The van der Waals surface area contributed by atoms with E-state index in [4.69, 9.17) is 12.2 Å². The second kappa shape index (κ2) is 8.24. The molecule has 0 spiro atoms. The number of thiocarbonyl (C=S) groups is 1. The molecule has 3 N–H and O–H groups in total. The number of anilines is 1. The van der Waals surface area contributed by atoms with Crippen molar-refractivity contribution in [2.45, 2.75) is 13.8 Å². The Morgan fingerprint density at radius 2 is 1.85 bits per heavy atom. The first-order valence-corrected chi connectivity index (χ1v) is 9.32. The molecule has 3 rings (SSSR count). The van der Waals surface area contributed by atoms with E-state index in [-0.39, 0.29) is 16.8 Å². The van der Waals surface area contributed by atoms with Crippen LogP contribution in [0.4, 0.5) is 10.1 Å². The third-order valence-electron chi connectivity index (χ3n) is 3.67. The molecule has 0 atom stereocenters. The molecule has 0 aliphatic rings. The third kappa shape index (κ3) is 4.87. The molecule has 0 fully saturated rings. The molecule has 2 aromatic carbocycles. The minimum Gasteiger partial charge on any atom is -0.331 e. The molecule has 3 aromatic rings. The maximum Gasteiger partial charge on any atom is 0.281 e. The molecule has 0 unspecified atom stereocenters. The molecule has 0 radical (unpaired) electrons. The van der Waals surface area contributed by atoms with Crippen molar-refractivity contribution in [1.82, 2.24) is 15.8 Å². The van der Waals surface area contributed by atoms with E-state index in [1.165, 1.54) is 23.5 Å². The van der Waals surface area contributed by atoms with Crippen LogP contribution in [-0.4, -0.2) is 16.0 Å². The van der Waals surface area contributed by atoms with Crippen molar-refractivity contribution in [1.29, 1.82) is 0 Å². The molecule has 0 aliphatic heterocycles. The lowest BCUT2D eigenvalue weighted by Crippen LogP contribution is -2.43. The molecule has 0 saturated carbocycles. The Labute approximate surface area is 165 Å². The number of carbonyl (C=O) groups excluding carboxylic acids is 1. The van der Waals surface area contributed by atoms with Crippen LogP contribution in [0.2, 0.25) is 0 Å². The van der Waals surface area contributed by atoms with Crippen molar-refractivity contribution < 1.29 is 9.18 Å². The molecule has 27 heavy (non-hydrogen) atoms. The number of hydrogen-bond acceptors (Lipinski definition) is 4. The zero-order valence-corrected chi connectivity index (χ0v) is 16.3. The van der Waals surface area contributed by atoms with Crippen molar-refractivity contribution in [2.75, 3.05) is 5.32 Å². The predicted molar refractivity (Wildman–Crippen MR) is 110 cm³/mol. The number of carbonyl (C=O) groups is 1. The number of thiazole rings is 1. The Kier molecular flexibility index (Phi) is 5.78. The molecule has 8 heteroatoms. The van der Waals surface area contributed by atoms with Crippen LogP contribution in [0.15, 0.2) is 48.5 Å². The summed E-state index contributed by atoms with van der Waals surface area (Å²) in [7, 11) is 0. The lowest BCUT2D eigenvalue weighted by atomic mass is 10.2. The van der Waals surface area contributed by atoms with Gasteiger partial charge in [0.05, 0.1) is 5.69 Å². The van der Waals surface area contributed by atoms with Crippen LogP contribution in [0.25, 0.3) is 10.6 Å². The quantitative estimate of drug-likeness (QED) is 0.454. The van der Waals surface area contributed by atoms with Gasteiger partial charge in [0.2, 0.25) is 0 Å². The van der Waals surface area contributed by atoms with Crippen LogP contribution in [0, 0.1) is 19.7 Å². The number of benzene rings is 2. The van der Waals surface area contributed by atoms with E-state index in [2.05, 4.69) is 21.2 Å². The number of aryl methyl sites for hydroxylation is 2. The highest BCUT2D eigenvalue weighted by molar-refractivity contribution is 7.80. The summed E-state index contributed by atoms with van der Waals surface area (Å²) < 4.78 is 13.4. The Bertz CT molecular complexity index is 986. The minimum atomic E-state index is -0.360. The van der Waals surface area contributed by atoms with E-state index < -0.39 is 0 Å². The Balaban J connectivity index is 1.62. The lowest BCUT2D eigenvalue weighted by Gasteiger charge is -2.11. The molecule has 0 saturated heterocycles. The van der Waals surface area contributed by atoms with E-state index in [1.807, 2.05) is 31.2 Å². The number of hydrogen-bond donors (Lipinski definition) is 3. The number of rotatable bonds is 3. The van der Waals surface area contributed by atoms with Gasteiger partial charge in [-0.1, -0.05) is 29.8 Å². The lowest BCUT2D eigenvalue weighted by molar-refractivity contribution is 0.0947. The highest BCUT2D eigenvalue weighted by atomic mass is 32.1. The molecule has 1 aromatic heterocycles. The maximum atomic E-state index is 13.4. The average molecular weight is 401 g/mol. The van der Waals surface area contributed by atoms with Crippen LogP contribution < -0.4 is 16.2 Å². The molecular formula is C19H17FN4OS2. The first-order valence-electron chi connectivity index (χ1n) is 8.10. The topological polar surface area (TPSA) is 66.0 Å². The van der Waals surface area contributed by atoms with Gasteiger partial charge in [-0.25, -0.2) is 9.37 Å². The van der Waals surface area contributed by atoms with Gasteiger partial charge in [0.25, 0.3) is 5.91 Å². The van der Waals surface area contributed by atoms with Crippen LogP contribution in [0.1, 0.15) is 20.9 Å². The predicted octanol–water partition coefficient (Wildman–Crippen LogP) is 4.20. The zero-order valence-electron chi connectivity index (χ0n) is 14.7. The van der Waals surface area contributed by atoms with Crippen LogP contribution in [-0.2, 0) is 0 Å². The van der Waals surface area contributed by atoms with E-state index in [0.717, 1.165) is 11.3 Å². The van der Waals surface area contributed by atoms with Crippen LogP contribution in [0.5, 0.6) is 0 Å². The number of halogens is 1.